The van der Waals surface area contributed by atoms with E-state index in [1.165, 1.54) is 11.8 Å². The molecule has 0 saturated heterocycles. The Hall–Kier alpha value is -2.82. The summed E-state index contributed by atoms with van der Waals surface area (Å²) in [4.78, 5) is 12.1. The summed E-state index contributed by atoms with van der Waals surface area (Å²) in [5.41, 5.74) is 2.89. The van der Waals surface area contributed by atoms with E-state index in [0.29, 0.717) is 5.82 Å². The van der Waals surface area contributed by atoms with E-state index in [1.807, 2.05) is 44.2 Å². The summed E-state index contributed by atoms with van der Waals surface area (Å²) in [6, 6.07) is 13.1. The van der Waals surface area contributed by atoms with Crippen molar-refractivity contribution in [3.63, 3.8) is 0 Å². The Labute approximate surface area is 122 Å². The first kappa shape index (κ1) is 13.2. The molecule has 5 nitrogen and oxygen atoms in total. The third-order valence-electron chi connectivity index (χ3n) is 3.10. The van der Waals surface area contributed by atoms with Crippen LogP contribution < -0.4 is 5.32 Å². The lowest BCUT2D eigenvalue weighted by Gasteiger charge is -2.08. The quantitative estimate of drug-likeness (QED) is 0.801. The second kappa shape index (κ2) is 5.28. The van der Waals surface area contributed by atoms with E-state index in [0.717, 1.165) is 11.4 Å². The lowest BCUT2D eigenvalue weighted by atomic mass is 10.2. The number of rotatable bonds is 3. The van der Waals surface area contributed by atoms with Crippen LogP contribution in [0.2, 0.25) is 0 Å². The van der Waals surface area contributed by atoms with Crippen molar-refractivity contribution in [3.05, 3.63) is 65.7 Å². The van der Waals surface area contributed by atoms with E-state index in [2.05, 4.69) is 10.4 Å². The third-order valence-corrected chi connectivity index (χ3v) is 3.10. The van der Waals surface area contributed by atoms with Crippen LogP contribution in [0.4, 0.5) is 5.82 Å². The predicted molar refractivity (Wildman–Crippen MR) is 79.7 cm³/mol. The van der Waals surface area contributed by atoms with Crippen molar-refractivity contribution in [2.75, 3.05) is 5.32 Å². The normalized spacial score (nSPS) is 10.6. The molecule has 2 heterocycles. The van der Waals surface area contributed by atoms with Gasteiger partial charge in [-0.2, -0.15) is 5.10 Å². The minimum absolute atomic E-state index is 0.268. The van der Waals surface area contributed by atoms with Crippen molar-refractivity contribution in [3.8, 4) is 5.69 Å². The van der Waals surface area contributed by atoms with Crippen molar-refractivity contribution < 1.29 is 9.21 Å². The van der Waals surface area contributed by atoms with Crippen LogP contribution in [0.15, 0.2) is 53.1 Å². The predicted octanol–water partition coefficient (Wildman–Crippen LogP) is 3.33. The molecule has 0 fully saturated rings. The van der Waals surface area contributed by atoms with Crippen molar-refractivity contribution in [2.45, 2.75) is 13.8 Å². The fraction of sp³-hybridized carbons (Fsp3) is 0.125. The Kier molecular flexibility index (Phi) is 3.31. The molecule has 0 saturated carbocycles. The van der Waals surface area contributed by atoms with Crippen LogP contribution >= 0.6 is 0 Å². The molecule has 0 spiro atoms. The van der Waals surface area contributed by atoms with Crippen LogP contribution in [0.25, 0.3) is 5.69 Å². The lowest BCUT2D eigenvalue weighted by Crippen LogP contribution is -2.14. The molecule has 0 unspecified atom stereocenters. The zero-order valence-electron chi connectivity index (χ0n) is 11.8. The molecule has 0 aliphatic rings. The fourth-order valence-electron chi connectivity index (χ4n) is 2.06. The number of nitrogens with one attached hydrogen (secondary N) is 1. The first-order valence-electron chi connectivity index (χ1n) is 6.62. The lowest BCUT2D eigenvalue weighted by molar-refractivity contribution is 0.0996. The van der Waals surface area contributed by atoms with Crippen LogP contribution in [0.1, 0.15) is 21.8 Å². The summed E-state index contributed by atoms with van der Waals surface area (Å²) in [6.45, 7) is 3.91. The van der Waals surface area contributed by atoms with Crippen LogP contribution in [0, 0.1) is 13.8 Å². The highest BCUT2D eigenvalue weighted by Crippen LogP contribution is 2.18. The van der Waals surface area contributed by atoms with Gasteiger partial charge in [-0.25, -0.2) is 4.68 Å². The molecular weight excluding hydrogens is 266 g/mol. The number of aryl methyl sites for hydroxylation is 2. The fourth-order valence-corrected chi connectivity index (χ4v) is 2.06. The van der Waals surface area contributed by atoms with Gasteiger partial charge in [-0.1, -0.05) is 17.7 Å². The molecule has 0 bridgehead atoms. The topological polar surface area (TPSA) is 60.1 Å². The molecular formula is C16H15N3O2. The number of benzene rings is 1. The first-order valence-corrected chi connectivity index (χ1v) is 6.62. The molecule has 0 aliphatic carbocycles. The smallest absolute Gasteiger partial charge is 0.292 e. The molecule has 3 aromatic rings. The number of anilines is 1. The van der Waals surface area contributed by atoms with Gasteiger partial charge in [0.25, 0.3) is 5.91 Å². The summed E-state index contributed by atoms with van der Waals surface area (Å²) in [5.74, 6) is 0.579. The molecule has 0 aliphatic heterocycles. The Morgan fingerprint density at radius 2 is 1.95 bits per heavy atom. The van der Waals surface area contributed by atoms with E-state index >= 15 is 0 Å². The highest BCUT2D eigenvalue weighted by atomic mass is 16.3. The number of aromatic nitrogens is 2. The van der Waals surface area contributed by atoms with Gasteiger partial charge in [0.1, 0.15) is 5.82 Å². The minimum atomic E-state index is -0.298. The van der Waals surface area contributed by atoms with E-state index < -0.39 is 0 Å². The van der Waals surface area contributed by atoms with Crippen molar-refractivity contribution in [2.24, 2.45) is 0 Å². The number of furan rings is 1. The number of carbonyl (C=O) groups excluding carboxylic acids is 1. The molecule has 1 aromatic carbocycles. The standard InChI is InChI=1S/C16H15N3O2/c1-11-5-7-13(8-6-11)19-15(10-12(2)18-19)17-16(20)14-4-3-9-21-14/h3-10H,1-2H3,(H,17,20). The number of hydrogen-bond acceptors (Lipinski definition) is 3. The second-order valence-corrected chi connectivity index (χ2v) is 4.85. The average Bonchev–Trinajstić information content (AvgIpc) is 3.09. The zero-order valence-corrected chi connectivity index (χ0v) is 11.8. The molecule has 5 heteroatoms. The number of carbonyl (C=O) groups is 1. The number of nitrogens with zero attached hydrogens (tertiary/aromatic N) is 2. The Bertz CT molecular complexity index is 755. The minimum Gasteiger partial charge on any atom is -0.459 e. The maximum atomic E-state index is 12.1. The van der Waals surface area contributed by atoms with Crippen LogP contribution in [-0.2, 0) is 0 Å². The maximum Gasteiger partial charge on any atom is 0.292 e. The first-order chi connectivity index (χ1) is 10.1. The average molecular weight is 281 g/mol. The summed E-state index contributed by atoms with van der Waals surface area (Å²) in [7, 11) is 0. The summed E-state index contributed by atoms with van der Waals surface area (Å²) in [6.07, 6.45) is 1.47. The summed E-state index contributed by atoms with van der Waals surface area (Å²) in [5, 5.41) is 7.23. The van der Waals surface area contributed by atoms with Crippen LogP contribution in [-0.4, -0.2) is 15.7 Å². The van der Waals surface area contributed by atoms with E-state index in [-0.39, 0.29) is 11.7 Å². The Balaban J connectivity index is 1.92. The van der Waals surface area contributed by atoms with E-state index in [9.17, 15) is 4.79 Å². The molecule has 0 atom stereocenters. The molecule has 1 N–H and O–H groups in total. The summed E-state index contributed by atoms with van der Waals surface area (Å²) >= 11 is 0. The molecule has 21 heavy (non-hydrogen) atoms. The van der Waals surface area contributed by atoms with Gasteiger partial charge in [0, 0.05) is 6.07 Å². The summed E-state index contributed by atoms with van der Waals surface area (Å²) < 4.78 is 6.80. The number of amides is 1. The highest BCUT2D eigenvalue weighted by molar-refractivity contribution is 6.01. The molecule has 1 amide bonds. The molecule has 106 valence electrons. The van der Waals surface area contributed by atoms with Gasteiger partial charge in [0.2, 0.25) is 0 Å². The van der Waals surface area contributed by atoms with Crippen molar-refractivity contribution >= 4 is 11.7 Å². The van der Waals surface area contributed by atoms with Crippen LogP contribution in [0.3, 0.4) is 0 Å². The highest BCUT2D eigenvalue weighted by Gasteiger charge is 2.13. The van der Waals surface area contributed by atoms with Gasteiger partial charge >= 0.3 is 0 Å². The van der Waals surface area contributed by atoms with Crippen LogP contribution in [0.5, 0.6) is 0 Å². The van der Waals surface area contributed by atoms with E-state index in [1.54, 1.807) is 16.8 Å². The maximum absolute atomic E-state index is 12.1. The SMILES string of the molecule is Cc1ccc(-n2nc(C)cc2NC(=O)c2ccco2)cc1. The van der Waals surface area contributed by atoms with Gasteiger partial charge in [0.15, 0.2) is 5.76 Å². The molecule has 3 rings (SSSR count). The van der Waals surface area contributed by atoms with E-state index in [4.69, 9.17) is 4.42 Å². The van der Waals surface area contributed by atoms with Crippen molar-refractivity contribution in [1.82, 2.24) is 9.78 Å². The largest absolute Gasteiger partial charge is 0.459 e. The Morgan fingerprint density at radius 1 is 1.19 bits per heavy atom. The molecule has 0 radical (unpaired) electrons. The van der Waals surface area contributed by atoms with Gasteiger partial charge < -0.3 is 9.73 Å². The number of hydrogen-bond donors (Lipinski definition) is 1. The van der Waals surface area contributed by atoms with Gasteiger partial charge in [-0.15, -0.1) is 0 Å². The van der Waals surface area contributed by atoms with Gasteiger partial charge in [-0.05, 0) is 38.1 Å². The Morgan fingerprint density at radius 3 is 2.62 bits per heavy atom. The zero-order chi connectivity index (χ0) is 14.8. The third kappa shape index (κ3) is 2.72. The van der Waals surface area contributed by atoms with Crippen molar-refractivity contribution in [1.29, 1.82) is 0 Å². The van der Waals surface area contributed by atoms with Gasteiger partial charge in [-0.3, -0.25) is 4.79 Å². The monoisotopic (exact) mass is 281 g/mol. The second-order valence-electron chi connectivity index (χ2n) is 4.85. The molecule has 2 aromatic heterocycles. The van der Waals surface area contributed by atoms with Gasteiger partial charge in [0.05, 0.1) is 17.6 Å².